The maximum absolute atomic E-state index is 11.7. The van der Waals surface area contributed by atoms with Gasteiger partial charge in [-0.25, -0.2) is 4.99 Å². The average Bonchev–Trinajstić information content (AvgIpc) is 2.47. The summed E-state index contributed by atoms with van der Waals surface area (Å²) >= 11 is 6.12. The number of guanidine groups is 1. The van der Waals surface area contributed by atoms with Crippen LogP contribution in [-0.2, 0) is 11.3 Å². The highest BCUT2D eigenvalue weighted by Crippen LogP contribution is 2.15. The summed E-state index contributed by atoms with van der Waals surface area (Å²) < 4.78 is 0. The van der Waals surface area contributed by atoms with E-state index in [0.29, 0.717) is 24.1 Å². The van der Waals surface area contributed by atoms with E-state index in [1.165, 1.54) is 4.90 Å². The molecule has 1 aromatic rings. The van der Waals surface area contributed by atoms with Gasteiger partial charge in [-0.1, -0.05) is 42.0 Å². The zero-order chi connectivity index (χ0) is 16.5. The molecule has 0 saturated carbocycles. The van der Waals surface area contributed by atoms with Gasteiger partial charge in [-0.2, -0.15) is 0 Å². The molecule has 0 aromatic heterocycles. The molecule has 23 heavy (non-hydrogen) atoms. The summed E-state index contributed by atoms with van der Waals surface area (Å²) in [5, 5.41) is 6.81. The van der Waals surface area contributed by atoms with E-state index in [4.69, 9.17) is 11.6 Å². The van der Waals surface area contributed by atoms with E-state index >= 15 is 0 Å². The first-order chi connectivity index (χ1) is 10.4. The highest BCUT2D eigenvalue weighted by atomic mass is 127. The normalized spacial score (nSPS) is 10.5. The van der Waals surface area contributed by atoms with Crippen LogP contribution in [0.3, 0.4) is 0 Å². The lowest BCUT2D eigenvalue weighted by atomic mass is 10.2. The number of hydrogen-bond donors (Lipinski definition) is 2. The molecule has 0 unspecified atom stereocenters. The van der Waals surface area contributed by atoms with Gasteiger partial charge in [0.25, 0.3) is 0 Å². The van der Waals surface area contributed by atoms with Crippen molar-refractivity contribution < 1.29 is 4.79 Å². The van der Waals surface area contributed by atoms with E-state index in [2.05, 4.69) is 22.2 Å². The van der Waals surface area contributed by atoms with Crippen molar-refractivity contribution >= 4 is 47.4 Å². The van der Waals surface area contributed by atoms with Crippen LogP contribution in [0.4, 0.5) is 0 Å². The van der Waals surface area contributed by atoms with Crippen LogP contribution < -0.4 is 10.6 Å². The SMILES string of the molecule is C=C(C)CNC(=NCc1ccccc1Cl)NCC(=O)N(C)C.I. The third kappa shape index (κ3) is 8.80. The molecule has 0 saturated heterocycles. The standard InChI is InChI=1S/C16H23ClN4O.HI/c1-12(2)9-18-16(20-11-15(22)21(3)4)19-10-13-7-5-6-8-14(13)17;/h5-8H,1,9-11H2,2-4H3,(H2,18,19,20);1H. The van der Waals surface area contributed by atoms with E-state index in [-0.39, 0.29) is 36.4 Å². The maximum Gasteiger partial charge on any atom is 0.241 e. The van der Waals surface area contributed by atoms with Crippen LogP contribution in [-0.4, -0.2) is 44.0 Å². The molecular weight excluding hydrogens is 427 g/mol. The summed E-state index contributed by atoms with van der Waals surface area (Å²) in [4.78, 5) is 17.6. The molecule has 0 aliphatic heterocycles. The summed E-state index contributed by atoms with van der Waals surface area (Å²) in [6, 6.07) is 7.55. The van der Waals surface area contributed by atoms with E-state index < -0.39 is 0 Å². The molecular formula is C16H24ClIN4O. The lowest BCUT2D eigenvalue weighted by Gasteiger charge is -2.15. The molecule has 7 heteroatoms. The third-order valence-corrected chi connectivity index (χ3v) is 3.20. The molecule has 0 fully saturated rings. The Morgan fingerprint density at radius 1 is 1.26 bits per heavy atom. The van der Waals surface area contributed by atoms with Crippen molar-refractivity contribution in [1.82, 2.24) is 15.5 Å². The number of carbonyl (C=O) groups excluding carboxylic acids is 1. The van der Waals surface area contributed by atoms with Crippen molar-refractivity contribution in [3.05, 3.63) is 47.0 Å². The fourth-order valence-electron chi connectivity index (χ4n) is 1.52. The van der Waals surface area contributed by atoms with Crippen molar-refractivity contribution in [2.24, 2.45) is 4.99 Å². The van der Waals surface area contributed by atoms with E-state index in [1.807, 2.05) is 31.2 Å². The van der Waals surface area contributed by atoms with Crippen molar-refractivity contribution in [1.29, 1.82) is 0 Å². The van der Waals surface area contributed by atoms with Gasteiger partial charge in [0.05, 0.1) is 13.1 Å². The molecule has 5 nitrogen and oxygen atoms in total. The van der Waals surface area contributed by atoms with Gasteiger partial charge < -0.3 is 15.5 Å². The Bertz CT molecular complexity index is 561. The van der Waals surface area contributed by atoms with Crippen molar-refractivity contribution in [2.45, 2.75) is 13.5 Å². The predicted molar refractivity (Wildman–Crippen MR) is 108 cm³/mol. The molecule has 128 valence electrons. The molecule has 0 spiro atoms. The van der Waals surface area contributed by atoms with Gasteiger partial charge in [-0.15, -0.1) is 24.0 Å². The third-order valence-electron chi connectivity index (χ3n) is 2.83. The second-order valence-corrected chi connectivity index (χ2v) is 5.62. The second-order valence-electron chi connectivity index (χ2n) is 5.21. The Morgan fingerprint density at radius 2 is 1.87 bits per heavy atom. The maximum atomic E-state index is 11.7. The number of likely N-dealkylation sites (N-methyl/N-ethyl adjacent to an activating group) is 1. The topological polar surface area (TPSA) is 56.7 Å². The minimum absolute atomic E-state index is 0. The zero-order valence-electron chi connectivity index (χ0n) is 13.7. The lowest BCUT2D eigenvalue weighted by molar-refractivity contribution is -0.127. The molecule has 1 aromatic carbocycles. The average molecular weight is 451 g/mol. The summed E-state index contributed by atoms with van der Waals surface area (Å²) in [6.07, 6.45) is 0. The largest absolute Gasteiger partial charge is 0.353 e. The first kappa shape index (κ1) is 21.7. The summed E-state index contributed by atoms with van der Waals surface area (Å²) in [5.41, 5.74) is 1.91. The Morgan fingerprint density at radius 3 is 2.43 bits per heavy atom. The minimum Gasteiger partial charge on any atom is -0.353 e. The molecule has 0 aliphatic carbocycles. The molecule has 1 amide bonds. The van der Waals surface area contributed by atoms with E-state index in [0.717, 1.165) is 11.1 Å². The number of aliphatic imine (C=N–C) groups is 1. The van der Waals surface area contributed by atoms with Gasteiger partial charge in [0.15, 0.2) is 5.96 Å². The van der Waals surface area contributed by atoms with Crippen LogP contribution in [0.1, 0.15) is 12.5 Å². The highest BCUT2D eigenvalue weighted by Gasteiger charge is 2.06. The summed E-state index contributed by atoms with van der Waals surface area (Å²) in [5.74, 6) is 0.528. The van der Waals surface area contributed by atoms with Gasteiger partial charge in [-0.05, 0) is 18.6 Å². The molecule has 0 atom stereocenters. The lowest BCUT2D eigenvalue weighted by Crippen LogP contribution is -2.43. The Hall–Kier alpha value is -1.28. The van der Waals surface area contributed by atoms with Crippen LogP contribution >= 0.6 is 35.6 Å². The van der Waals surface area contributed by atoms with Gasteiger partial charge in [0.2, 0.25) is 5.91 Å². The Kier molecular flexibility index (Phi) is 10.7. The summed E-state index contributed by atoms with van der Waals surface area (Å²) in [7, 11) is 3.43. The first-order valence-electron chi connectivity index (χ1n) is 7.00. The van der Waals surface area contributed by atoms with Gasteiger partial charge in [0, 0.05) is 25.7 Å². The smallest absolute Gasteiger partial charge is 0.241 e. The molecule has 0 heterocycles. The Balaban J connectivity index is 0.00000484. The van der Waals surface area contributed by atoms with Crippen LogP contribution in [0.15, 0.2) is 41.4 Å². The number of halogens is 2. The van der Waals surface area contributed by atoms with Crippen molar-refractivity contribution in [3.63, 3.8) is 0 Å². The summed E-state index contributed by atoms with van der Waals surface area (Å²) in [6.45, 7) is 6.96. The van der Waals surface area contributed by atoms with Gasteiger partial charge in [0.1, 0.15) is 0 Å². The fourth-order valence-corrected chi connectivity index (χ4v) is 1.71. The molecule has 0 bridgehead atoms. The number of nitrogens with one attached hydrogen (secondary N) is 2. The van der Waals surface area contributed by atoms with E-state index in [9.17, 15) is 4.79 Å². The predicted octanol–water partition coefficient (Wildman–Crippen LogP) is 2.66. The number of nitrogens with zero attached hydrogens (tertiary/aromatic N) is 2. The van der Waals surface area contributed by atoms with Gasteiger partial charge >= 0.3 is 0 Å². The molecule has 0 radical (unpaired) electrons. The Labute approximate surface area is 160 Å². The number of benzene rings is 1. The second kappa shape index (κ2) is 11.3. The van der Waals surface area contributed by atoms with Gasteiger partial charge in [-0.3, -0.25) is 4.79 Å². The number of amides is 1. The zero-order valence-corrected chi connectivity index (χ0v) is 16.8. The van der Waals surface area contributed by atoms with E-state index in [1.54, 1.807) is 14.1 Å². The number of hydrogen-bond acceptors (Lipinski definition) is 2. The minimum atomic E-state index is -0.0254. The van der Waals surface area contributed by atoms with Crippen LogP contribution in [0.25, 0.3) is 0 Å². The monoisotopic (exact) mass is 450 g/mol. The molecule has 1 rings (SSSR count). The molecule has 0 aliphatic rings. The number of rotatable bonds is 6. The first-order valence-corrected chi connectivity index (χ1v) is 7.38. The quantitative estimate of drug-likeness (QED) is 0.303. The van der Waals surface area contributed by atoms with Crippen molar-refractivity contribution in [2.75, 3.05) is 27.2 Å². The van der Waals surface area contributed by atoms with Crippen LogP contribution in [0.5, 0.6) is 0 Å². The molecule has 2 N–H and O–H groups in total. The fraction of sp³-hybridized carbons (Fsp3) is 0.375. The van der Waals surface area contributed by atoms with Crippen molar-refractivity contribution in [3.8, 4) is 0 Å². The van der Waals surface area contributed by atoms with Crippen LogP contribution in [0, 0.1) is 0 Å². The highest BCUT2D eigenvalue weighted by molar-refractivity contribution is 14.0. The van der Waals surface area contributed by atoms with Crippen LogP contribution in [0.2, 0.25) is 5.02 Å². The number of carbonyl (C=O) groups is 1.